The van der Waals surface area contributed by atoms with E-state index in [0.29, 0.717) is 0 Å². The number of aliphatic hydroxyl groups is 1. The van der Waals surface area contributed by atoms with Crippen molar-refractivity contribution in [2.24, 2.45) is 0 Å². The largest absolute Gasteiger partial charge is 0.392 e. The maximum absolute atomic E-state index is 12.3. The highest BCUT2D eigenvalue weighted by molar-refractivity contribution is 7.89. The van der Waals surface area contributed by atoms with Crippen molar-refractivity contribution in [3.63, 3.8) is 0 Å². The molecule has 0 bridgehead atoms. The number of aliphatic hydroxyl groups excluding tert-OH is 1. The molecule has 18 heavy (non-hydrogen) atoms. The molecule has 1 aromatic rings. The van der Waals surface area contributed by atoms with Crippen molar-refractivity contribution in [2.45, 2.75) is 11.8 Å². The minimum atomic E-state index is -3.59. The van der Waals surface area contributed by atoms with Gasteiger partial charge >= 0.3 is 0 Å². The van der Waals surface area contributed by atoms with Gasteiger partial charge in [0, 0.05) is 6.20 Å². The number of benzene rings is 1. The van der Waals surface area contributed by atoms with E-state index in [9.17, 15) is 8.42 Å². The first kappa shape index (κ1) is 14.5. The van der Waals surface area contributed by atoms with Crippen molar-refractivity contribution in [3.8, 4) is 0 Å². The molecule has 0 aliphatic carbocycles. The first-order valence-corrected chi connectivity index (χ1v) is 6.93. The van der Waals surface area contributed by atoms with Crippen LogP contribution in [0.3, 0.4) is 0 Å². The SMILES string of the molecule is C=CCN(/C=C/CO)S(=O)(=O)c1ccc(C)cc1. The maximum atomic E-state index is 12.3. The Balaban J connectivity index is 3.12. The fourth-order valence-corrected chi connectivity index (χ4v) is 2.68. The standard InChI is InChI=1S/C13H17NO3S/c1-3-9-14(10-4-11-15)18(16,17)13-7-5-12(2)6-8-13/h3-8,10,15H,1,9,11H2,2H3/b10-4+. The zero-order chi connectivity index (χ0) is 13.6. The maximum Gasteiger partial charge on any atom is 0.264 e. The van der Waals surface area contributed by atoms with Gasteiger partial charge in [-0.1, -0.05) is 23.8 Å². The molecule has 0 aliphatic rings. The third-order valence-corrected chi connectivity index (χ3v) is 4.07. The molecule has 1 N–H and O–H groups in total. The predicted molar refractivity (Wildman–Crippen MR) is 71.5 cm³/mol. The van der Waals surface area contributed by atoms with Gasteiger partial charge in [0.25, 0.3) is 10.0 Å². The van der Waals surface area contributed by atoms with Gasteiger partial charge in [0.05, 0.1) is 18.0 Å². The van der Waals surface area contributed by atoms with E-state index in [4.69, 9.17) is 5.11 Å². The molecule has 0 saturated carbocycles. The Morgan fingerprint density at radius 1 is 1.33 bits per heavy atom. The van der Waals surface area contributed by atoms with Crippen LogP contribution < -0.4 is 0 Å². The average molecular weight is 267 g/mol. The van der Waals surface area contributed by atoms with Gasteiger partial charge in [-0.15, -0.1) is 6.58 Å². The Bertz CT molecular complexity index is 518. The van der Waals surface area contributed by atoms with Crippen molar-refractivity contribution in [1.29, 1.82) is 0 Å². The number of nitrogens with zero attached hydrogens (tertiary/aromatic N) is 1. The predicted octanol–water partition coefficient (Wildman–Crippen LogP) is 1.68. The quantitative estimate of drug-likeness (QED) is 0.798. The topological polar surface area (TPSA) is 57.6 Å². The van der Waals surface area contributed by atoms with Gasteiger partial charge in [-0.3, -0.25) is 4.31 Å². The van der Waals surface area contributed by atoms with Crippen LogP contribution in [-0.2, 0) is 10.0 Å². The summed E-state index contributed by atoms with van der Waals surface area (Å²) in [5, 5.41) is 8.72. The Morgan fingerprint density at radius 2 is 1.94 bits per heavy atom. The summed E-state index contributed by atoms with van der Waals surface area (Å²) < 4.78 is 25.7. The van der Waals surface area contributed by atoms with Gasteiger partial charge in [-0.05, 0) is 25.1 Å². The van der Waals surface area contributed by atoms with Crippen LogP contribution in [-0.4, -0.2) is 31.0 Å². The lowest BCUT2D eigenvalue weighted by Gasteiger charge is -2.18. The van der Waals surface area contributed by atoms with Crippen LogP contribution in [0.1, 0.15) is 5.56 Å². The Hall–Kier alpha value is -1.59. The lowest BCUT2D eigenvalue weighted by atomic mass is 10.2. The van der Waals surface area contributed by atoms with E-state index < -0.39 is 10.0 Å². The molecule has 98 valence electrons. The van der Waals surface area contributed by atoms with Crippen LogP contribution in [0, 0.1) is 6.92 Å². The van der Waals surface area contributed by atoms with E-state index in [1.807, 2.05) is 6.92 Å². The summed E-state index contributed by atoms with van der Waals surface area (Å²) in [6.45, 7) is 5.37. The minimum absolute atomic E-state index is 0.159. The molecule has 0 spiro atoms. The molecule has 0 amide bonds. The van der Waals surface area contributed by atoms with Gasteiger partial charge in [0.2, 0.25) is 0 Å². The van der Waals surface area contributed by atoms with Crippen molar-refractivity contribution >= 4 is 10.0 Å². The van der Waals surface area contributed by atoms with Gasteiger partial charge < -0.3 is 5.11 Å². The van der Waals surface area contributed by atoms with E-state index in [1.54, 1.807) is 24.3 Å². The Labute approximate surface area is 108 Å². The van der Waals surface area contributed by atoms with E-state index in [1.165, 1.54) is 18.4 Å². The second kappa shape index (κ2) is 6.37. The molecule has 4 nitrogen and oxygen atoms in total. The van der Waals surface area contributed by atoms with Crippen molar-refractivity contribution in [1.82, 2.24) is 4.31 Å². The van der Waals surface area contributed by atoms with E-state index >= 15 is 0 Å². The molecule has 1 aromatic carbocycles. The highest BCUT2D eigenvalue weighted by atomic mass is 32.2. The summed E-state index contributed by atoms with van der Waals surface area (Å²) in [4.78, 5) is 0.220. The summed E-state index contributed by atoms with van der Waals surface area (Å²) >= 11 is 0. The van der Waals surface area contributed by atoms with Gasteiger partial charge in [-0.25, -0.2) is 8.42 Å². The summed E-state index contributed by atoms with van der Waals surface area (Å²) in [7, 11) is -3.59. The highest BCUT2D eigenvalue weighted by Crippen LogP contribution is 2.16. The summed E-state index contributed by atoms with van der Waals surface area (Å²) in [6, 6.07) is 6.62. The number of sulfonamides is 1. The Morgan fingerprint density at radius 3 is 2.44 bits per heavy atom. The summed E-state index contributed by atoms with van der Waals surface area (Å²) in [5.74, 6) is 0. The van der Waals surface area contributed by atoms with Crippen molar-refractivity contribution in [3.05, 3.63) is 54.8 Å². The highest BCUT2D eigenvalue weighted by Gasteiger charge is 2.19. The number of aryl methyl sites for hydroxylation is 1. The second-order valence-electron chi connectivity index (χ2n) is 3.74. The molecular formula is C13H17NO3S. The number of hydrogen-bond acceptors (Lipinski definition) is 3. The van der Waals surface area contributed by atoms with Crippen molar-refractivity contribution < 1.29 is 13.5 Å². The molecule has 1 rings (SSSR count). The van der Waals surface area contributed by atoms with Crippen molar-refractivity contribution in [2.75, 3.05) is 13.2 Å². The van der Waals surface area contributed by atoms with Gasteiger partial charge in [0.1, 0.15) is 0 Å². The molecule has 0 heterocycles. The molecule has 0 unspecified atom stereocenters. The lowest BCUT2D eigenvalue weighted by Crippen LogP contribution is -2.26. The summed E-state index contributed by atoms with van der Waals surface area (Å²) in [5.41, 5.74) is 0.995. The fourth-order valence-electron chi connectivity index (χ4n) is 1.38. The molecule has 0 aromatic heterocycles. The van der Waals surface area contributed by atoms with E-state index in [2.05, 4.69) is 6.58 Å². The van der Waals surface area contributed by atoms with E-state index in [-0.39, 0.29) is 18.0 Å². The Kier molecular flexibility index (Phi) is 5.12. The van der Waals surface area contributed by atoms with Crippen LogP contribution in [0.2, 0.25) is 0 Å². The smallest absolute Gasteiger partial charge is 0.264 e. The van der Waals surface area contributed by atoms with Crippen LogP contribution in [0.25, 0.3) is 0 Å². The zero-order valence-corrected chi connectivity index (χ0v) is 11.1. The summed E-state index contributed by atoms with van der Waals surface area (Å²) in [6.07, 6.45) is 4.21. The fraction of sp³-hybridized carbons (Fsp3) is 0.231. The minimum Gasteiger partial charge on any atom is -0.392 e. The monoisotopic (exact) mass is 267 g/mol. The number of hydrogen-bond donors (Lipinski definition) is 1. The average Bonchev–Trinajstić information content (AvgIpc) is 2.35. The zero-order valence-electron chi connectivity index (χ0n) is 10.3. The molecule has 0 atom stereocenters. The molecule has 0 saturated heterocycles. The van der Waals surface area contributed by atoms with Gasteiger partial charge in [0.15, 0.2) is 0 Å². The lowest BCUT2D eigenvalue weighted by molar-refractivity contribution is 0.341. The van der Waals surface area contributed by atoms with E-state index in [0.717, 1.165) is 9.87 Å². The first-order valence-electron chi connectivity index (χ1n) is 5.49. The van der Waals surface area contributed by atoms with Crippen LogP contribution in [0.15, 0.2) is 54.1 Å². The van der Waals surface area contributed by atoms with Crippen LogP contribution in [0.5, 0.6) is 0 Å². The number of rotatable bonds is 6. The first-order chi connectivity index (χ1) is 8.52. The third-order valence-electron chi connectivity index (χ3n) is 2.31. The normalized spacial score (nSPS) is 11.7. The molecule has 0 fully saturated rings. The van der Waals surface area contributed by atoms with Crippen LogP contribution in [0.4, 0.5) is 0 Å². The molecule has 0 radical (unpaired) electrons. The third kappa shape index (κ3) is 3.45. The van der Waals surface area contributed by atoms with Gasteiger partial charge in [-0.2, -0.15) is 0 Å². The molecule has 0 aliphatic heterocycles. The molecule has 5 heteroatoms. The molecular weight excluding hydrogens is 250 g/mol. The van der Waals surface area contributed by atoms with Crippen LogP contribution >= 0.6 is 0 Å². The second-order valence-corrected chi connectivity index (χ2v) is 5.63.